The van der Waals surface area contributed by atoms with Crippen molar-refractivity contribution < 1.29 is 9.53 Å². The van der Waals surface area contributed by atoms with E-state index in [2.05, 4.69) is 27.8 Å². The maximum atomic E-state index is 12.1. The number of hydrogen-bond donors (Lipinski definition) is 1. The van der Waals surface area contributed by atoms with Gasteiger partial charge < -0.3 is 10.1 Å². The SMILES string of the molecule is Cc1nnnn1Cc1ccc(C(=O)NCC2(C)COC2)cc1. The molecule has 3 rings (SSSR count). The summed E-state index contributed by atoms with van der Waals surface area (Å²) in [5.74, 6) is 0.705. The molecule has 1 aliphatic heterocycles. The van der Waals surface area contributed by atoms with Gasteiger partial charge in [-0.25, -0.2) is 4.68 Å². The number of aromatic nitrogens is 4. The zero-order chi connectivity index (χ0) is 15.6. The van der Waals surface area contributed by atoms with Gasteiger partial charge in [-0.15, -0.1) is 5.10 Å². The number of tetrazole rings is 1. The second kappa shape index (κ2) is 5.84. The third kappa shape index (κ3) is 3.14. The van der Waals surface area contributed by atoms with Gasteiger partial charge in [0.25, 0.3) is 5.91 Å². The van der Waals surface area contributed by atoms with Gasteiger partial charge in [0.05, 0.1) is 19.8 Å². The summed E-state index contributed by atoms with van der Waals surface area (Å²) in [6.45, 7) is 6.60. The standard InChI is InChI=1S/C15H19N5O2/c1-11-17-18-19-20(11)7-12-3-5-13(6-4-12)14(21)16-8-15(2)9-22-10-15/h3-6H,7-10H2,1-2H3,(H,16,21). The molecular weight excluding hydrogens is 282 g/mol. The Morgan fingerprint density at radius 2 is 2.09 bits per heavy atom. The Morgan fingerprint density at radius 3 is 2.64 bits per heavy atom. The number of carbonyl (C=O) groups excluding carboxylic acids is 1. The van der Waals surface area contributed by atoms with E-state index in [0.717, 1.165) is 11.4 Å². The first-order valence-corrected chi connectivity index (χ1v) is 7.23. The molecule has 0 bridgehead atoms. The summed E-state index contributed by atoms with van der Waals surface area (Å²) >= 11 is 0. The van der Waals surface area contributed by atoms with E-state index < -0.39 is 0 Å². The zero-order valence-electron chi connectivity index (χ0n) is 12.7. The first kappa shape index (κ1) is 14.6. The number of hydrogen-bond acceptors (Lipinski definition) is 5. The van der Waals surface area contributed by atoms with Crippen LogP contribution in [0.25, 0.3) is 0 Å². The first-order valence-electron chi connectivity index (χ1n) is 7.23. The number of ether oxygens (including phenoxy) is 1. The maximum Gasteiger partial charge on any atom is 0.251 e. The fraction of sp³-hybridized carbons (Fsp3) is 0.467. The van der Waals surface area contributed by atoms with Crippen LogP contribution >= 0.6 is 0 Å². The van der Waals surface area contributed by atoms with Gasteiger partial charge >= 0.3 is 0 Å². The molecule has 0 atom stereocenters. The first-order chi connectivity index (χ1) is 10.6. The highest BCUT2D eigenvalue weighted by molar-refractivity contribution is 5.94. The lowest BCUT2D eigenvalue weighted by molar-refractivity contribution is -0.0978. The van der Waals surface area contributed by atoms with E-state index in [1.54, 1.807) is 4.68 Å². The van der Waals surface area contributed by atoms with Crippen molar-refractivity contribution in [3.05, 3.63) is 41.2 Å². The maximum absolute atomic E-state index is 12.1. The normalized spacial score (nSPS) is 16.1. The number of amides is 1. The van der Waals surface area contributed by atoms with Gasteiger partial charge in [0, 0.05) is 17.5 Å². The van der Waals surface area contributed by atoms with Gasteiger partial charge in [-0.05, 0) is 35.0 Å². The van der Waals surface area contributed by atoms with Crippen LogP contribution in [0.5, 0.6) is 0 Å². The molecule has 0 aliphatic carbocycles. The third-order valence-electron chi connectivity index (χ3n) is 3.84. The molecular formula is C15H19N5O2. The summed E-state index contributed by atoms with van der Waals surface area (Å²) in [4.78, 5) is 12.1. The number of aryl methyl sites for hydroxylation is 1. The van der Waals surface area contributed by atoms with Crippen LogP contribution in [0.15, 0.2) is 24.3 Å². The van der Waals surface area contributed by atoms with Crippen molar-refractivity contribution in [3.8, 4) is 0 Å². The van der Waals surface area contributed by atoms with Crippen molar-refractivity contribution in [3.63, 3.8) is 0 Å². The molecule has 116 valence electrons. The Balaban J connectivity index is 1.58. The number of benzene rings is 1. The van der Waals surface area contributed by atoms with Crippen molar-refractivity contribution in [1.29, 1.82) is 0 Å². The van der Waals surface area contributed by atoms with Crippen LogP contribution in [0.4, 0.5) is 0 Å². The lowest BCUT2D eigenvalue weighted by Crippen LogP contribution is -2.48. The molecule has 0 saturated carbocycles. The molecule has 22 heavy (non-hydrogen) atoms. The summed E-state index contributed by atoms with van der Waals surface area (Å²) in [6.07, 6.45) is 0. The highest BCUT2D eigenvalue weighted by Crippen LogP contribution is 2.25. The summed E-state index contributed by atoms with van der Waals surface area (Å²) < 4.78 is 6.90. The number of carbonyl (C=O) groups is 1. The van der Waals surface area contributed by atoms with Crippen LogP contribution in [0, 0.1) is 12.3 Å². The summed E-state index contributed by atoms with van der Waals surface area (Å²) in [5, 5.41) is 14.3. The quantitative estimate of drug-likeness (QED) is 0.883. The Morgan fingerprint density at radius 1 is 1.36 bits per heavy atom. The largest absolute Gasteiger partial charge is 0.380 e. The van der Waals surface area contributed by atoms with E-state index in [0.29, 0.717) is 31.9 Å². The molecule has 1 aliphatic rings. The van der Waals surface area contributed by atoms with E-state index >= 15 is 0 Å². The minimum atomic E-state index is -0.0571. The summed E-state index contributed by atoms with van der Waals surface area (Å²) in [5.41, 5.74) is 1.78. The highest BCUT2D eigenvalue weighted by atomic mass is 16.5. The van der Waals surface area contributed by atoms with Crippen molar-refractivity contribution in [2.45, 2.75) is 20.4 Å². The van der Waals surface area contributed by atoms with Crippen molar-refractivity contribution in [1.82, 2.24) is 25.5 Å². The third-order valence-corrected chi connectivity index (χ3v) is 3.84. The zero-order valence-corrected chi connectivity index (χ0v) is 12.7. The van der Waals surface area contributed by atoms with Gasteiger partial charge in [-0.3, -0.25) is 4.79 Å². The molecule has 7 heteroatoms. The second-order valence-electron chi connectivity index (χ2n) is 6.07. The average Bonchev–Trinajstić information content (AvgIpc) is 2.89. The minimum Gasteiger partial charge on any atom is -0.380 e. The predicted molar refractivity (Wildman–Crippen MR) is 79.4 cm³/mol. The van der Waals surface area contributed by atoms with Gasteiger partial charge in [-0.1, -0.05) is 19.1 Å². The van der Waals surface area contributed by atoms with E-state index in [1.165, 1.54) is 0 Å². The van der Waals surface area contributed by atoms with E-state index in [9.17, 15) is 4.79 Å². The van der Waals surface area contributed by atoms with Gasteiger partial charge in [-0.2, -0.15) is 0 Å². The van der Waals surface area contributed by atoms with Crippen LogP contribution in [-0.4, -0.2) is 45.9 Å². The summed E-state index contributed by atoms with van der Waals surface area (Å²) in [6, 6.07) is 7.49. The van der Waals surface area contributed by atoms with E-state index in [-0.39, 0.29) is 11.3 Å². The molecule has 1 N–H and O–H groups in total. The molecule has 0 radical (unpaired) electrons. The molecule has 0 spiro atoms. The fourth-order valence-electron chi connectivity index (χ4n) is 2.28. The van der Waals surface area contributed by atoms with E-state index in [4.69, 9.17) is 4.74 Å². The Labute approximate surface area is 128 Å². The lowest BCUT2D eigenvalue weighted by atomic mass is 9.88. The van der Waals surface area contributed by atoms with Crippen LogP contribution < -0.4 is 5.32 Å². The number of rotatable bonds is 5. The van der Waals surface area contributed by atoms with E-state index in [1.807, 2.05) is 31.2 Å². The fourth-order valence-corrected chi connectivity index (χ4v) is 2.28. The Kier molecular flexibility index (Phi) is 3.89. The van der Waals surface area contributed by atoms with Crippen LogP contribution in [0.2, 0.25) is 0 Å². The molecule has 0 unspecified atom stereocenters. The number of nitrogens with zero attached hydrogens (tertiary/aromatic N) is 4. The molecule has 1 aromatic carbocycles. The molecule has 2 aromatic rings. The van der Waals surface area contributed by atoms with Crippen LogP contribution in [-0.2, 0) is 11.3 Å². The Bertz CT molecular complexity index is 661. The second-order valence-corrected chi connectivity index (χ2v) is 6.07. The van der Waals surface area contributed by atoms with Crippen molar-refractivity contribution in [2.75, 3.05) is 19.8 Å². The monoisotopic (exact) mass is 301 g/mol. The van der Waals surface area contributed by atoms with Crippen molar-refractivity contribution in [2.24, 2.45) is 5.41 Å². The molecule has 1 fully saturated rings. The topological polar surface area (TPSA) is 81.9 Å². The highest BCUT2D eigenvalue weighted by Gasteiger charge is 2.33. The van der Waals surface area contributed by atoms with Gasteiger partial charge in [0.1, 0.15) is 5.82 Å². The average molecular weight is 301 g/mol. The van der Waals surface area contributed by atoms with Gasteiger partial charge in [0.15, 0.2) is 0 Å². The molecule has 7 nitrogen and oxygen atoms in total. The molecule has 1 aromatic heterocycles. The summed E-state index contributed by atoms with van der Waals surface area (Å²) in [7, 11) is 0. The minimum absolute atomic E-state index is 0.0571. The van der Waals surface area contributed by atoms with Crippen molar-refractivity contribution >= 4 is 5.91 Å². The van der Waals surface area contributed by atoms with Crippen LogP contribution in [0.3, 0.4) is 0 Å². The molecule has 1 amide bonds. The molecule has 2 heterocycles. The predicted octanol–water partition coefficient (Wildman–Crippen LogP) is 0.796. The smallest absolute Gasteiger partial charge is 0.251 e. The number of nitrogens with one attached hydrogen (secondary N) is 1. The lowest BCUT2D eigenvalue weighted by Gasteiger charge is -2.38. The van der Waals surface area contributed by atoms with Gasteiger partial charge in [0.2, 0.25) is 0 Å². The molecule has 1 saturated heterocycles. The Hall–Kier alpha value is -2.28. The van der Waals surface area contributed by atoms with Crippen LogP contribution in [0.1, 0.15) is 28.7 Å².